The molecule has 0 saturated carbocycles. The maximum atomic E-state index is 13.5. The van der Waals surface area contributed by atoms with E-state index in [4.69, 9.17) is 4.74 Å². The fraction of sp³-hybridized carbons (Fsp3) is 0.105. The fourth-order valence-corrected chi connectivity index (χ4v) is 6.36. The van der Waals surface area contributed by atoms with Crippen LogP contribution in [0.3, 0.4) is 0 Å². The lowest BCUT2D eigenvalue weighted by atomic mass is 10.0. The topological polar surface area (TPSA) is 114 Å². The molecule has 0 atom stereocenters. The van der Waals surface area contributed by atoms with Crippen molar-refractivity contribution in [1.29, 1.82) is 0 Å². The van der Waals surface area contributed by atoms with Crippen LogP contribution >= 0.6 is 23.1 Å². The first-order valence-corrected chi connectivity index (χ1v) is 17.0. The standard InChI is InChI=1S/C38H33N3O5S2/c1-3-46-38(45)34-31(27-11-6-4-7-12-27)23-48-37(34)41-33(42)24-47-30-16-10-15-29(22-30)39-36(44)32(21-26-19-17-25(2)18-20-26)40-35(43)28-13-8-5-9-14-28/h4-23H,3,24H2,1-2H3,(H,39,44)(H,40,43)(H,41,42)/b32-21+. The van der Waals surface area contributed by atoms with Crippen LogP contribution in [0.2, 0.25) is 0 Å². The fourth-order valence-electron chi connectivity index (χ4n) is 4.63. The molecule has 0 saturated heterocycles. The number of amides is 3. The molecule has 1 heterocycles. The Bertz CT molecular complexity index is 1940. The molecule has 0 fully saturated rings. The van der Waals surface area contributed by atoms with Gasteiger partial charge in [-0.2, -0.15) is 0 Å². The van der Waals surface area contributed by atoms with E-state index >= 15 is 0 Å². The summed E-state index contributed by atoms with van der Waals surface area (Å²) in [4.78, 5) is 53.1. The lowest BCUT2D eigenvalue weighted by molar-refractivity contribution is -0.114. The molecule has 0 spiro atoms. The molecule has 3 amide bonds. The highest BCUT2D eigenvalue weighted by molar-refractivity contribution is 8.00. The van der Waals surface area contributed by atoms with Gasteiger partial charge in [-0.15, -0.1) is 23.1 Å². The molecule has 0 radical (unpaired) electrons. The Hall–Kier alpha value is -5.45. The Morgan fingerprint density at radius 3 is 2.25 bits per heavy atom. The molecule has 0 aliphatic rings. The number of nitrogens with one attached hydrogen (secondary N) is 3. The van der Waals surface area contributed by atoms with Gasteiger partial charge in [-0.1, -0.05) is 84.4 Å². The van der Waals surface area contributed by atoms with E-state index in [-0.39, 0.29) is 24.0 Å². The quantitative estimate of drug-likeness (QED) is 0.0701. The molecule has 8 nitrogen and oxygen atoms in total. The first kappa shape index (κ1) is 33.9. The molecule has 242 valence electrons. The van der Waals surface area contributed by atoms with Crippen molar-refractivity contribution in [2.45, 2.75) is 18.7 Å². The monoisotopic (exact) mass is 675 g/mol. The summed E-state index contributed by atoms with van der Waals surface area (Å²) in [6.45, 7) is 3.92. The van der Waals surface area contributed by atoms with E-state index in [0.29, 0.717) is 27.4 Å². The number of carbonyl (C=O) groups excluding carboxylic acids is 4. The number of aryl methyl sites for hydroxylation is 1. The molecule has 5 rings (SSSR count). The highest BCUT2D eigenvalue weighted by Crippen LogP contribution is 2.36. The lowest BCUT2D eigenvalue weighted by Gasteiger charge is -2.12. The Balaban J connectivity index is 1.27. The summed E-state index contributed by atoms with van der Waals surface area (Å²) in [5, 5.41) is 10.7. The summed E-state index contributed by atoms with van der Waals surface area (Å²) in [6, 6.07) is 32.8. The SMILES string of the molecule is CCOC(=O)c1c(-c2ccccc2)csc1NC(=O)CSc1cccc(NC(=O)/C(=C\c2ccc(C)cc2)NC(=O)c2ccccc2)c1. The van der Waals surface area contributed by atoms with Crippen LogP contribution in [-0.2, 0) is 14.3 Å². The summed E-state index contributed by atoms with van der Waals surface area (Å²) in [5.74, 6) is -1.65. The van der Waals surface area contributed by atoms with Crippen LogP contribution in [0.15, 0.2) is 125 Å². The number of rotatable bonds is 12. The summed E-state index contributed by atoms with van der Waals surface area (Å²) in [6.07, 6.45) is 1.62. The maximum absolute atomic E-state index is 13.5. The molecule has 10 heteroatoms. The highest BCUT2D eigenvalue weighted by Gasteiger charge is 2.23. The molecule has 48 heavy (non-hydrogen) atoms. The van der Waals surface area contributed by atoms with E-state index in [1.54, 1.807) is 55.5 Å². The number of benzene rings is 4. The van der Waals surface area contributed by atoms with Crippen molar-refractivity contribution in [3.05, 3.63) is 143 Å². The summed E-state index contributed by atoms with van der Waals surface area (Å²) < 4.78 is 5.29. The van der Waals surface area contributed by atoms with Crippen molar-refractivity contribution in [3.8, 4) is 11.1 Å². The summed E-state index contributed by atoms with van der Waals surface area (Å²) >= 11 is 2.54. The van der Waals surface area contributed by atoms with Gasteiger partial charge in [0.2, 0.25) is 5.91 Å². The van der Waals surface area contributed by atoms with Crippen molar-refractivity contribution in [2.24, 2.45) is 0 Å². The van der Waals surface area contributed by atoms with Gasteiger partial charge in [-0.25, -0.2) is 4.79 Å². The number of anilines is 2. The van der Waals surface area contributed by atoms with E-state index in [1.807, 2.05) is 79.0 Å². The van der Waals surface area contributed by atoms with Gasteiger partial charge < -0.3 is 20.7 Å². The number of thiophene rings is 1. The van der Waals surface area contributed by atoms with Crippen molar-refractivity contribution in [2.75, 3.05) is 23.0 Å². The van der Waals surface area contributed by atoms with Crippen LogP contribution in [0, 0.1) is 6.92 Å². The van der Waals surface area contributed by atoms with Crippen LogP contribution in [-0.4, -0.2) is 36.1 Å². The molecule has 1 aromatic heterocycles. The zero-order valence-corrected chi connectivity index (χ0v) is 28.0. The predicted octanol–water partition coefficient (Wildman–Crippen LogP) is 8.04. The van der Waals surface area contributed by atoms with Crippen LogP contribution in [0.25, 0.3) is 17.2 Å². The molecule has 0 bridgehead atoms. The highest BCUT2D eigenvalue weighted by atomic mass is 32.2. The minimum Gasteiger partial charge on any atom is -0.462 e. The summed E-state index contributed by atoms with van der Waals surface area (Å²) in [7, 11) is 0. The first-order chi connectivity index (χ1) is 23.3. The number of hydrogen-bond acceptors (Lipinski definition) is 7. The van der Waals surface area contributed by atoms with E-state index in [2.05, 4.69) is 16.0 Å². The molecule has 0 aliphatic heterocycles. The third-order valence-corrected chi connectivity index (χ3v) is 8.88. The van der Waals surface area contributed by atoms with Gasteiger partial charge in [0.1, 0.15) is 16.3 Å². The largest absolute Gasteiger partial charge is 0.462 e. The smallest absolute Gasteiger partial charge is 0.341 e. The van der Waals surface area contributed by atoms with Gasteiger partial charge >= 0.3 is 5.97 Å². The Kier molecular flexibility index (Phi) is 11.6. The second-order valence-corrected chi connectivity index (χ2v) is 12.5. The summed E-state index contributed by atoms with van der Waals surface area (Å²) in [5.41, 5.74) is 4.68. The average Bonchev–Trinajstić information content (AvgIpc) is 3.52. The van der Waals surface area contributed by atoms with E-state index < -0.39 is 17.8 Å². The first-order valence-electron chi connectivity index (χ1n) is 15.1. The third-order valence-electron chi connectivity index (χ3n) is 6.99. The molecule has 5 aromatic rings. The van der Waals surface area contributed by atoms with Gasteiger partial charge in [-0.05, 0) is 61.4 Å². The van der Waals surface area contributed by atoms with Crippen LogP contribution in [0.1, 0.15) is 38.8 Å². The third kappa shape index (κ3) is 9.09. The predicted molar refractivity (Wildman–Crippen MR) is 193 cm³/mol. The van der Waals surface area contributed by atoms with E-state index in [1.165, 1.54) is 23.1 Å². The second-order valence-electron chi connectivity index (χ2n) is 10.5. The van der Waals surface area contributed by atoms with Gasteiger partial charge in [-0.3, -0.25) is 14.4 Å². The second kappa shape index (κ2) is 16.4. The normalized spacial score (nSPS) is 11.0. The number of ether oxygens (including phenoxy) is 1. The molecule has 0 aliphatic carbocycles. The number of carbonyl (C=O) groups is 4. The van der Waals surface area contributed by atoms with Gasteiger partial charge in [0.05, 0.1) is 12.4 Å². The van der Waals surface area contributed by atoms with Crippen molar-refractivity contribution >= 4 is 63.6 Å². The maximum Gasteiger partial charge on any atom is 0.341 e. The van der Waals surface area contributed by atoms with Crippen LogP contribution in [0.5, 0.6) is 0 Å². The minimum absolute atomic E-state index is 0.0595. The average molecular weight is 676 g/mol. The van der Waals surface area contributed by atoms with Crippen LogP contribution in [0.4, 0.5) is 10.7 Å². The molecule has 3 N–H and O–H groups in total. The number of hydrogen-bond donors (Lipinski definition) is 3. The zero-order valence-electron chi connectivity index (χ0n) is 26.3. The molecular weight excluding hydrogens is 643 g/mol. The van der Waals surface area contributed by atoms with Gasteiger partial charge in [0.25, 0.3) is 11.8 Å². The van der Waals surface area contributed by atoms with E-state index in [9.17, 15) is 19.2 Å². The van der Waals surface area contributed by atoms with Gasteiger partial charge in [0.15, 0.2) is 0 Å². The van der Waals surface area contributed by atoms with Crippen LogP contribution < -0.4 is 16.0 Å². The molecular formula is C38H33N3O5S2. The molecule has 0 unspecified atom stereocenters. The van der Waals surface area contributed by atoms with Crippen molar-refractivity contribution in [1.82, 2.24) is 5.32 Å². The van der Waals surface area contributed by atoms with Crippen molar-refractivity contribution < 1.29 is 23.9 Å². The lowest BCUT2D eigenvalue weighted by Crippen LogP contribution is -2.30. The molecule has 4 aromatic carbocycles. The number of esters is 1. The zero-order chi connectivity index (χ0) is 33.9. The Morgan fingerprint density at radius 1 is 0.833 bits per heavy atom. The van der Waals surface area contributed by atoms with Gasteiger partial charge in [0, 0.05) is 27.1 Å². The minimum atomic E-state index is -0.502. The number of thioether (sulfide) groups is 1. The Morgan fingerprint density at radius 2 is 1.54 bits per heavy atom. The Labute approximate surface area is 287 Å². The van der Waals surface area contributed by atoms with E-state index in [0.717, 1.165) is 21.6 Å². The van der Waals surface area contributed by atoms with Crippen molar-refractivity contribution in [3.63, 3.8) is 0 Å².